The van der Waals surface area contributed by atoms with Crippen LogP contribution in [0.4, 0.5) is 0 Å². The Bertz CT molecular complexity index is 1230. The lowest BCUT2D eigenvalue weighted by Crippen LogP contribution is -2.51. The van der Waals surface area contributed by atoms with Crippen LogP contribution in [0.2, 0.25) is 0 Å². The number of esters is 1. The molecule has 0 aromatic heterocycles. The van der Waals surface area contributed by atoms with E-state index < -0.39 is 10.1 Å². The van der Waals surface area contributed by atoms with Gasteiger partial charge in [-0.05, 0) is 91.3 Å². The highest BCUT2D eigenvalue weighted by atomic mass is 32.2. The molecular formula is C38H66N2O6S. The summed E-state index contributed by atoms with van der Waals surface area (Å²) in [4.78, 5) is 25.2. The molecule has 0 heterocycles. The van der Waals surface area contributed by atoms with Gasteiger partial charge in [0.2, 0.25) is 5.91 Å². The van der Waals surface area contributed by atoms with E-state index in [0.717, 1.165) is 54.8 Å². The normalized spacial score (nSPS) is 33.0. The smallest absolute Gasteiger partial charge is 0.306 e. The summed E-state index contributed by atoms with van der Waals surface area (Å²) in [5.74, 6) is 3.98. The lowest BCUT2D eigenvalue weighted by Gasteiger charge is -2.58. The summed E-state index contributed by atoms with van der Waals surface area (Å²) >= 11 is 0. The number of quaternary nitrogens is 1. The number of hydrogen-bond donors (Lipinski definition) is 1. The van der Waals surface area contributed by atoms with Crippen LogP contribution in [-0.2, 0) is 24.4 Å². The number of hydrogen-bond acceptors (Lipinski definition) is 6. The predicted octanol–water partition coefficient (Wildman–Crippen LogP) is 6.85. The average Bonchev–Trinajstić information content (AvgIpc) is 3.32. The van der Waals surface area contributed by atoms with Crippen molar-refractivity contribution < 1.29 is 31.8 Å². The number of likely N-dealkylation sites (N-methyl/N-ethyl adjacent to an activating group) is 1. The number of nitrogens with zero attached hydrogens (tertiary/aromatic N) is 1. The van der Waals surface area contributed by atoms with Crippen LogP contribution in [0.1, 0.15) is 125 Å². The predicted molar refractivity (Wildman–Crippen MR) is 186 cm³/mol. The summed E-state index contributed by atoms with van der Waals surface area (Å²) in [7, 11) is -0.341. The van der Waals surface area contributed by atoms with Gasteiger partial charge in [-0.25, -0.2) is 8.42 Å². The Morgan fingerprint density at radius 2 is 1.74 bits per heavy atom. The van der Waals surface area contributed by atoms with Gasteiger partial charge in [-0.15, -0.1) is 0 Å². The minimum Gasteiger partial charge on any atom is -0.748 e. The van der Waals surface area contributed by atoms with Crippen LogP contribution in [-0.4, -0.2) is 74.9 Å². The number of nitrogens with one attached hydrogen (secondary N) is 1. The van der Waals surface area contributed by atoms with Crippen LogP contribution in [0.15, 0.2) is 11.6 Å². The number of ether oxygens (including phenoxy) is 1. The molecule has 9 heteroatoms. The lowest BCUT2D eigenvalue weighted by atomic mass is 9.47. The molecule has 4 aliphatic rings. The van der Waals surface area contributed by atoms with Gasteiger partial charge < -0.3 is 19.1 Å². The molecule has 8 unspecified atom stereocenters. The van der Waals surface area contributed by atoms with E-state index in [4.69, 9.17) is 4.74 Å². The molecular weight excluding hydrogens is 612 g/mol. The number of carbonyl (C=O) groups is 2. The minimum absolute atomic E-state index is 0.0697. The first-order chi connectivity index (χ1) is 21.9. The van der Waals surface area contributed by atoms with Crippen molar-refractivity contribution >= 4 is 22.0 Å². The van der Waals surface area contributed by atoms with Crippen molar-refractivity contribution in [2.24, 2.45) is 46.3 Å². The zero-order valence-electron chi connectivity index (χ0n) is 30.7. The largest absolute Gasteiger partial charge is 0.748 e. The van der Waals surface area contributed by atoms with Crippen LogP contribution in [0, 0.1) is 46.3 Å². The molecule has 0 saturated heterocycles. The van der Waals surface area contributed by atoms with E-state index in [9.17, 15) is 22.6 Å². The summed E-state index contributed by atoms with van der Waals surface area (Å²) < 4.78 is 39.0. The van der Waals surface area contributed by atoms with Crippen LogP contribution < -0.4 is 5.32 Å². The second kappa shape index (κ2) is 15.6. The van der Waals surface area contributed by atoms with E-state index in [1.165, 1.54) is 56.9 Å². The lowest BCUT2D eigenvalue weighted by molar-refractivity contribution is -0.889. The Labute approximate surface area is 286 Å². The molecule has 1 amide bonds. The molecule has 4 aliphatic carbocycles. The van der Waals surface area contributed by atoms with Gasteiger partial charge in [0.15, 0.2) is 0 Å². The molecule has 8 nitrogen and oxygen atoms in total. The molecule has 0 aliphatic heterocycles. The molecule has 0 bridgehead atoms. The maximum atomic E-state index is 12.8. The Morgan fingerprint density at radius 3 is 2.45 bits per heavy atom. The highest BCUT2D eigenvalue weighted by Crippen LogP contribution is 2.67. The highest BCUT2D eigenvalue weighted by Gasteiger charge is 2.59. The molecule has 47 heavy (non-hydrogen) atoms. The van der Waals surface area contributed by atoms with Crippen LogP contribution in [0.25, 0.3) is 0 Å². The minimum atomic E-state index is -4.21. The third-order valence-electron chi connectivity index (χ3n) is 13.3. The monoisotopic (exact) mass is 678 g/mol. The molecule has 3 saturated carbocycles. The standard InChI is InChI=1S/C38H66N2O6S/c1-27(2)10-8-11-28(3)32-14-15-33-31-13-12-29-26-30(18-20-37(29,4)34(31)19-21-38(32,33)5)46-36(42)17-16-35(41)39-22-24-40(6,7)23-9-25-47(43,44)45/h12,27-28,30-34H,8-11,13-26H2,1-7H3,(H-,39,41,43,44,45). The Hall–Kier alpha value is -1.45. The summed E-state index contributed by atoms with van der Waals surface area (Å²) in [5, 5.41) is 2.86. The second-order valence-electron chi connectivity index (χ2n) is 17.5. The van der Waals surface area contributed by atoms with E-state index in [1.807, 2.05) is 14.1 Å². The molecule has 0 spiro atoms. The number of rotatable bonds is 16. The Balaban J connectivity index is 1.22. The summed E-state index contributed by atoms with van der Waals surface area (Å²) in [6.45, 7) is 13.9. The first-order valence-corrected chi connectivity index (χ1v) is 20.4. The Morgan fingerprint density at radius 1 is 1.00 bits per heavy atom. The van der Waals surface area contributed by atoms with Gasteiger partial charge in [-0.3, -0.25) is 9.59 Å². The average molecular weight is 679 g/mol. The van der Waals surface area contributed by atoms with Crippen molar-refractivity contribution in [3.63, 3.8) is 0 Å². The quantitative estimate of drug-likeness (QED) is 0.0828. The van der Waals surface area contributed by atoms with Crippen LogP contribution in [0.3, 0.4) is 0 Å². The van der Waals surface area contributed by atoms with E-state index in [2.05, 4.69) is 46.0 Å². The molecule has 1 N–H and O–H groups in total. The van der Waals surface area contributed by atoms with Crippen molar-refractivity contribution in [1.82, 2.24) is 5.32 Å². The molecule has 0 aromatic carbocycles. The van der Waals surface area contributed by atoms with Crippen molar-refractivity contribution in [3.05, 3.63) is 11.6 Å². The number of fused-ring (bicyclic) bond motifs is 5. The van der Waals surface area contributed by atoms with E-state index in [-0.39, 0.29) is 48.4 Å². The number of carbonyl (C=O) groups excluding carboxylic acids is 2. The van der Waals surface area contributed by atoms with Gasteiger partial charge in [-0.2, -0.15) is 0 Å². The second-order valence-corrected chi connectivity index (χ2v) is 19.0. The third-order valence-corrected chi connectivity index (χ3v) is 14.1. The van der Waals surface area contributed by atoms with Gasteiger partial charge >= 0.3 is 5.97 Å². The van der Waals surface area contributed by atoms with E-state index in [1.54, 1.807) is 0 Å². The van der Waals surface area contributed by atoms with Crippen molar-refractivity contribution in [2.75, 3.05) is 39.5 Å². The topological polar surface area (TPSA) is 113 Å². The van der Waals surface area contributed by atoms with E-state index >= 15 is 0 Å². The number of allylic oxidation sites excluding steroid dienone is 1. The first-order valence-electron chi connectivity index (χ1n) is 18.8. The van der Waals surface area contributed by atoms with Gasteiger partial charge in [0.25, 0.3) is 0 Å². The van der Waals surface area contributed by atoms with Gasteiger partial charge in [0, 0.05) is 25.0 Å². The maximum absolute atomic E-state index is 12.8. The maximum Gasteiger partial charge on any atom is 0.306 e. The summed E-state index contributed by atoms with van der Waals surface area (Å²) in [6.07, 6.45) is 16.5. The van der Waals surface area contributed by atoms with Gasteiger partial charge in [0.05, 0.1) is 50.3 Å². The fourth-order valence-corrected chi connectivity index (χ4v) is 11.1. The SMILES string of the molecule is CC(C)CCCC(C)C1CCC2C3CC=C4CC(OC(=O)CCC(=O)NCC[N+](C)(C)CCCS(=O)(=O)[O-])CCC4(C)C3CCC12C. The van der Waals surface area contributed by atoms with Crippen LogP contribution >= 0.6 is 0 Å². The van der Waals surface area contributed by atoms with Crippen LogP contribution in [0.5, 0.6) is 0 Å². The van der Waals surface area contributed by atoms with Crippen molar-refractivity contribution in [2.45, 2.75) is 131 Å². The molecule has 0 radical (unpaired) electrons. The molecule has 0 aromatic rings. The highest BCUT2D eigenvalue weighted by molar-refractivity contribution is 7.85. The van der Waals surface area contributed by atoms with Crippen molar-refractivity contribution in [3.8, 4) is 0 Å². The molecule has 8 atom stereocenters. The van der Waals surface area contributed by atoms with Gasteiger partial charge in [0.1, 0.15) is 6.10 Å². The first kappa shape index (κ1) is 38.4. The molecule has 270 valence electrons. The zero-order valence-corrected chi connectivity index (χ0v) is 31.5. The molecule has 4 rings (SSSR count). The Kier molecular flexibility index (Phi) is 12.7. The zero-order chi connectivity index (χ0) is 34.6. The summed E-state index contributed by atoms with van der Waals surface area (Å²) in [6, 6.07) is 0. The number of amides is 1. The fraction of sp³-hybridized carbons (Fsp3) is 0.895. The van der Waals surface area contributed by atoms with Gasteiger partial charge in [-0.1, -0.05) is 65.5 Å². The van der Waals surface area contributed by atoms with Crippen molar-refractivity contribution in [1.29, 1.82) is 0 Å². The third kappa shape index (κ3) is 9.84. The molecule has 3 fully saturated rings. The van der Waals surface area contributed by atoms with E-state index in [0.29, 0.717) is 29.5 Å². The summed E-state index contributed by atoms with van der Waals surface area (Å²) in [5.41, 5.74) is 2.20. The fourth-order valence-electron chi connectivity index (χ4n) is 10.6.